The lowest BCUT2D eigenvalue weighted by atomic mass is 9.98. The maximum Gasteiger partial charge on any atom is 0.0854 e. The normalized spacial score (nSPS) is 37.5. The molecule has 1 aliphatic carbocycles. The smallest absolute Gasteiger partial charge is 0.0854 e. The van der Waals surface area contributed by atoms with E-state index in [9.17, 15) is 0 Å². The number of ether oxygens (including phenoxy) is 1. The second-order valence-corrected chi connectivity index (χ2v) is 2.69. The topological polar surface area (TPSA) is 29.5 Å². The minimum Gasteiger partial charge on any atom is -0.389 e. The summed E-state index contributed by atoms with van der Waals surface area (Å²) in [6.07, 6.45) is 6.42. The summed E-state index contributed by atoms with van der Waals surface area (Å²) in [5, 5.41) is 9.16. The van der Waals surface area contributed by atoms with Crippen LogP contribution in [0.5, 0.6) is 0 Å². The predicted molar refractivity (Wildman–Crippen MR) is 37.6 cm³/mol. The van der Waals surface area contributed by atoms with E-state index in [0.717, 1.165) is 6.42 Å². The highest BCUT2D eigenvalue weighted by molar-refractivity contribution is 5.30. The van der Waals surface area contributed by atoms with Gasteiger partial charge in [-0.3, -0.25) is 0 Å². The number of aliphatic hydroxyl groups excluding tert-OH is 1. The van der Waals surface area contributed by atoms with Crippen molar-refractivity contribution >= 4 is 0 Å². The van der Waals surface area contributed by atoms with Gasteiger partial charge in [-0.25, -0.2) is 0 Å². The summed E-state index contributed by atoms with van der Waals surface area (Å²) in [5.74, 6) is 0. The van der Waals surface area contributed by atoms with Crippen molar-refractivity contribution in [1.82, 2.24) is 0 Å². The Labute approximate surface area is 59.8 Å². The summed E-state index contributed by atoms with van der Waals surface area (Å²) >= 11 is 0. The fraction of sp³-hybridized carbons (Fsp3) is 0.500. The van der Waals surface area contributed by atoms with E-state index in [1.54, 1.807) is 0 Å². The SMILES string of the molecule is O[C@H]1C=CC2=CCO[C@@H]2C1. The molecule has 2 heteroatoms. The lowest BCUT2D eigenvalue weighted by Gasteiger charge is -2.18. The highest BCUT2D eigenvalue weighted by atomic mass is 16.5. The third kappa shape index (κ3) is 0.895. The Bertz CT molecular complexity index is 193. The third-order valence-corrected chi connectivity index (χ3v) is 1.95. The predicted octanol–water partition coefficient (Wildman–Crippen LogP) is 0.632. The first-order valence-electron chi connectivity index (χ1n) is 3.54. The molecular weight excluding hydrogens is 128 g/mol. The second kappa shape index (κ2) is 2.22. The van der Waals surface area contributed by atoms with Crippen molar-refractivity contribution in [3.8, 4) is 0 Å². The van der Waals surface area contributed by atoms with Crippen LogP contribution >= 0.6 is 0 Å². The molecule has 0 spiro atoms. The fourth-order valence-corrected chi connectivity index (χ4v) is 1.39. The van der Waals surface area contributed by atoms with Crippen molar-refractivity contribution in [3.63, 3.8) is 0 Å². The molecule has 0 bridgehead atoms. The Morgan fingerprint density at radius 1 is 1.60 bits per heavy atom. The van der Waals surface area contributed by atoms with Crippen LogP contribution in [0.1, 0.15) is 6.42 Å². The van der Waals surface area contributed by atoms with Crippen LogP contribution in [-0.4, -0.2) is 23.9 Å². The Morgan fingerprint density at radius 2 is 2.50 bits per heavy atom. The van der Waals surface area contributed by atoms with Gasteiger partial charge < -0.3 is 9.84 Å². The first kappa shape index (κ1) is 6.13. The van der Waals surface area contributed by atoms with Crippen molar-refractivity contribution in [2.75, 3.05) is 6.61 Å². The van der Waals surface area contributed by atoms with E-state index in [-0.39, 0.29) is 12.2 Å². The molecule has 2 atom stereocenters. The zero-order chi connectivity index (χ0) is 6.97. The van der Waals surface area contributed by atoms with Gasteiger partial charge >= 0.3 is 0 Å². The molecule has 1 heterocycles. The molecule has 0 unspecified atom stereocenters. The lowest BCUT2D eigenvalue weighted by molar-refractivity contribution is 0.0759. The molecule has 0 aromatic carbocycles. The van der Waals surface area contributed by atoms with Gasteiger partial charge in [0.1, 0.15) is 0 Å². The van der Waals surface area contributed by atoms with E-state index in [1.807, 2.05) is 12.2 Å². The molecule has 0 amide bonds. The molecule has 2 rings (SSSR count). The molecule has 0 radical (unpaired) electrons. The molecular formula is C8H10O2. The highest BCUT2D eigenvalue weighted by Gasteiger charge is 2.23. The monoisotopic (exact) mass is 138 g/mol. The second-order valence-electron chi connectivity index (χ2n) is 2.69. The van der Waals surface area contributed by atoms with Crippen LogP contribution in [-0.2, 0) is 4.74 Å². The molecule has 1 aliphatic heterocycles. The maximum absolute atomic E-state index is 9.16. The van der Waals surface area contributed by atoms with Crippen LogP contribution in [0.25, 0.3) is 0 Å². The van der Waals surface area contributed by atoms with E-state index in [1.165, 1.54) is 5.57 Å². The van der Waals surface area contributed by atoms with E-state index < -0.39 is 0 Å². The molecule has 2 aliphatic rings. The summed E-state index contributed by atoms with van der Waals surface area (Å²) in [6.45, 7) is 0.705. The summed E-state index contributed by atoms with van der Waals surface area (Å²) in [6, 6.07) is 0. The van der Waals surface area contributed by atoms with Crippen molar-refractivity contribution in [2.24, 2.45) is 0 Å². The highest BCUT2D eigenvalue weighted by Crippen LogP contribution is 2.24. The zero-order valence-corrected chi connectivity index (χ0v) is 5.66. The van der Waals surface area contributed by atoms with Gasteiger partial charge in [0.15, 0.2) is 0 Å². The maximum atomic E-state index is 9.16. The molecule has 2 nitrogen and oxygen atoms in total. The molecule has 1 N–H and O–H groups in total. The van der Waals surface area contributed by atoms with Crippen LogP contribution in [0, 0.1) is 0 Å². The molecule has 0 saturated heterocycles. The van der Waals surface area contributed by atoms with E-state index in [4.69, 9.17) is 9.84 Å². The quantitative estimate of drug-likeness (QED) is 0.532. The molecule has 0 aromatic rings. The van der Waals surface area contributed by atoms with Gasteiger partial charge in [-0.1, -0.05) is 18.2 Å². The van der Waals surface area contributed by atoms with Crippen LogP contribution in [0.15, 0.2) is 23.8 Å². The summed E-state index contributed by atoms with van der Waals surface area (Å²) in [5.41, 5.74) is 1.23. The Morgan fingerprint density at radius 3 is 3.40 bits per heavy atom. The molecule has 0 aromatic heterocycles. The largest absolute Gasteiger partial charge is 0.389 e. The number of aliphatic hydroxyl groups is 1. The van der Waals surface area contributed by atoms with Gasteiger partial charge in [-0.05, 0) is 5.57 Å². The van der Waals surface area contributed by atoms with E-state index in [0.29, 0.717) is 6.61 Å². The number of rotatable bonds is 0. The fourth-order valence-electron chi connectivity index (χ4n) is 1.39. The Balaban J connectivity index is 2.21. The van der Waals surface area contributed by atoms with Crippen LogP contribution in [0.2, 0.25) is 0 Å². The summed E-state index contributed by atoms with van der Waals surface area (Å²) < 4.78 is 5.32. The standard InChI is InChI=1S/C8H10O2/c9-7-2-1-6-3-4-10-8(6)5-7/h1-3,7-9H,4-5H2/t7-,8+/m0/s1. The first-order valence-corrected chi connectivity index (χ1v) is 3.54. The minimum absolute atomic E-state index is 0.167. The third-order valence-electron chi connectivity index (χ3n) is 1.95. The van der Waals surface area contributed by atoms with Crippen molar-refractivity contribution < 1.29 is 9.84 Å². The van der Waals surface area contributed by atoms with Gasteiger partial charge in [0.05, 0.1) is 18.8 Å². The van der Waals surface area contributed by atoms with Crippen molar-refractivity contribution in [3.05, 3.63) is 23.8 Å². The average molecular weight is 138 g/mol. The number of hydrogen-bond donors (Lipinski definition) is 1. The Kier molecular flexibility index (Phi) is 1.36. The molecule has 10 heavy (non-hydrogen) atoms. The molecule has 0 fully saturated rings. The average Bonchev–Trinajstić information content (AvgIpc) is 2.33. The summed E-state index contributed by atoms with van der Waals surface area (Å²) in [7, 11) is 0. The minimum atomic E-state index is -0.305. The molecule has 54 valence electrons. The van der Waals surface area contributed by atoms with Crippen molar-refractivity contribution in [1.29, 1.82) is 0 Å². The van der Waals surface area contributed by atoms with Crippen LogP contribution in [0.3, 0.4) is 0 Å². The van der Waals surface area contributed by atoms with Crippen LogP contribution < -0.4 is 0 Å². The van der Waals surface area contributed by atoms with E-state index >= 15 is 0 Å². The molecule has 0 saturated carbocycles. The number of hydrogen-bond acceptors (Lipinski definition) is 2. The van der Waals surface area contributed by atoms with Gasteiger partial charge in [-0.15, -0.1) is 0 Å². The number of fused-ring (bicyclic) bond motifs is 1. The van der Waals surface area contributed by atoms with Gasteiger partial charge in [0.25, 0.3) is 0 Å². The summed E-state index contributed by atoms with van der Waals surface area (Å²) in [4.78, 5) is 0. The van der Waals surface area contributed by atoms with Crippen LogP contribution in [0.4, 0.5) is 0 Å². The lowest BCUT2D eigenvalue weighted by Crippen LogP contribution is -2.21. The van der Waals surface area contributed by atoms with Gasteiger partial charge in [-0.2, -0.15) is 0 Å². The Hall–Kier alpha value is -0.600. The zero-order valence-electron chi connectivity index (χ0n) is 5.66. The first-order chi connectivity index (χ1) is 4.86. The van der Waals surface area contributed by atoms with Gasteiger partial charge in [0.2, 0.25) is 0 Å². The van der Waals surface area contributed by atoms with E-state index in [2.05, 4.69) is 6.08 Å². The van der Waals surface area contributed by atoms with Gasteiger partial charge in [0, 0.05) is 6.42 Å². The van der Waals surface area contributed by atoms with Crippen molar-refractivity contribution in [2.45, 2.75) is 18.6 Å².